The molecular formula is C14H23N3OS. The van der Waals surface area contributed by atoms with Crippen molar-refractivity contribution in [1.29, 1.82) is 0 Å². The van der Waals surface area contributed by atoms with E-state index in [1.165, 1.54) is 4.88 Å². The summed E-state index contributed by atoms with van der Waals surface area (Å²) in [5.41, 5.74) is 0.752. The fourth-order valence-corrected chi connectivity index (χ4v) is 3.57. The molecule has 0 spiro atoms. The summed E-state index contributed by atoms with van der Waals surface area (Å²) in [4.78, 5) is 18.0. The Morgan fingerprint density at radius 2 is 2.26 bits per heavy atom. The minimum absolute atomic E-state index is 0.0393. The largest absolute Gasteiger partial charge is 0.348 e. The van der Waals surface area contributed by atoms with E-state index in [9.17, 15) is 4.79 Å². The number of thiazole rings is 1. The number of nitrogens with one attached hydrogen (secondary N) is 2. The Labute approximate surface area is 119 Å². The van der Waals surface area contributed by atoms with Gasteiger partial charge in [0.25, 0.3) is 0 Å². The fraction of sp³-hybridized carbons (Fsp3) is 0.714. The number of hydrogen-bond donors (Lipinski definition) is 2. The minimum Gasteiger partial charge on any atom is -0.348 e. The number of rotatable bonds is 3. The molecule has 1 aromatic rings. The number of amides is 1. The normalized spacial score (nSPS) is 25.1. The summed E-state index contributed by atoms with van der Waals surface area (Å²) in [5, 5.41) is 7.52. The zero-order valence-corrected chi connectivity index (χ0v) is 13.0. The van der Waals surface area contributed by atoms with E-state index in [4.69, 9.17) is 0 Å². The molecule has 106 valence electrons. The van der Waals surface area contributed by atoms with Crippen LogP contribution >= 0.6 is 11.3 Å². The lowest BCUT2D eigenvalue weighted by Gasteiger charge is -2.33. The summed E-state index contributed by atoms with van der Waals surface area (Å²) < 4.78 is 0. The summed E-state index contributed by atoms with van der Waals surface area (Å²) >= 11 is 1.67. The van der Waals surface area contributed by atoms with Crippen LogP contribution < -0.4 is 10.6 Å². The molecule has 1 saturated heterocycles. The van der Waals surface area contributed by atoms with Crippen molar-refractivity contribution in [2.45, 2.75) is 46.6 Å². The smallest absolute Gasteiger partial charge is 0.227 e. The monoisotopic (exact) mass is 281 g/mol. The third-order valence-corrected chi connectivity index (χ3v) is 5.08. The van der Waals surface area contributed by atoms with Crippen LogP contribution in [0.3, 0.4) is 0 Å². The van der Waals surface area contributed by atoms with Crippen LogP contribution in [0, 0.1) is 19.3 Å². The Hall–Kier alpha value is -0.940. The first-order valence-corrected chi connectivity index (χ1v) is 7.69. The van der Waals surface area contributed by atoms with E-state index in [-0.39, 0.29) is 17.4 Å². The van der Waals surface area contributed by atoms with Crippen LogP contribution in [0.5, 0.6) is 0 Å². The third-order valence-electron chi connectivity index (χ3n) is 3.83. The van der Waals surface area contributed by atoms with Crippen LogP contribution in [-0.4, -0.2) is 24.0 Å². The molecule has 1 fully saturated rings. The molecule has 0 saturated carbocycles. The second-order valence-electron chi connectivity index (χ2n) is 5.72. The third kappa shape index (κ3) is 3.15. The number of carbonyl (C=O) groups excluding carboxylic acids is 1. The van der Waals surface area contributed by atoms with Gasteiger partial charge in [0.05, 0.1) is 22.2 Å². The van der Waals surface area contributed by atoms with Gasteiger partial charge in [-0.2, -0.15) is 0 Å². The van der Waals surface area contributed by atoms with Gasteiger partial charge in [-0.1, -0.05) is 0 Å². The van der Waals surface area contributed by atoms with Gasteiger partial charge in [0.1, 0.15) is 0 Å². The number of carbonyl (C=O) groups is 1. The number of hydrogen-bond acceptors (Lipinski definition) is 4. The molecule has 2 heterocycles. The lowest BCUT2D eigenvalue weighted by atomic mass is 9.81. The van der Waals surface area contributed by atoms with E-state index >= 15 is 0 Å². The van der Waals surface area contributed by atoms with Gasteiger partial charge in [0, 0.05) is 11.4 Å². The predicted octanol–water partition coefficient (Wildman–Crippen LogP) is 2.33. The van der Waals surface area contributed by atoms with E-state index < -0.39 is 0 Å². The van der Waals surface area contributed by atoms with Gasteiger partial charge >= 0.3 is 0 Å². The fourth-order valence-electron chi connectivity index (χ4n) is 2.64. The minimum atomic E-state index is -0.278. The van der Waals surface area contributed by atoms with E-state index in [0.29, 0.717) is 0 Å². The lowest BCUT2D eigenvalue weighted by molar-refractivity contribution is -0.131. The highest BCUT2D eigenvalue weighted by Crippen LogP contribution is 2.29. The van der Waals surface area contributed by atoms with Gasteiger partial charge in [0.15, 0.2) is 0 Å². The van der Waals surface area contributed by atoms with Gasteiger partial charge < -0.3 is 10.6 Å². The van der Waals surface area contributed by atoms with Crippen LogP contribution in [0.25, 0.3) is 0 Å². The van der Waals surface area contributed by atoms with Crippen LogP contribution in [0.15, 0.2) is 0 Å². The maximum Gasteiger partial charge on any atom is 0.227 e. The SMILES string of the molecule is Cc1nc(C)c(C(C)NC(=O)C2(C)CCCNC2)s1. The second kappa shape index (κ2) is 5.59. The first-order chi connectivity index (χ1) is 8.92. The number of aryl methyl sites for hydroxylation is 2. The molecule has 0 bridgehead atoms. The molecule has 2 atom stereocenters. The highest BCUT2D eigenvalue weighted by Gasteiger charge is 2.35. The molecule has 0 radical (unpaired) electrons. The molecule has 1 aliphatic heterocycles. The Morgan fingerprint density at radius 1 is 1.53 bits per heavy atom. The van der Waals surface area contributed by atoms with Gasteiger partial charge in [-0.3, -0.25) is 4.79 Å². The molecule has 1 aromatic heterocycles. The van der Waals surface area contributed by atoms with Crippen molar-refractivity contribution in [3.8, 4) is 0 Å². The molecular weight excluding hydrogens is 258 g/mol. The van der Waals surface area contributed by atoms with Gasteiger partial charge in [0.2, 0.25) is 5.91 Å². The van der Waals surface area contributed by atoms with Crippen LogP contribution in [0.2, 0.25) is 0 Å². The van der Waals surface area contributed by atoms with Crippen molar-refractivity contribution in [2.75, 3.05) is 13.1 Å². The Kier molecular flexibility index (Phi) is 4.26. The van der Waals surface area contributed by atoms with Gasteiger partial charge in [-0.25, -0.2) is 4.98 Å². The standard InChI is InChI=1S/C14H23N3OS/c1-9-12(19-11(3)16-9)10(2)17-13(18)14(4)6-5-7-15-8-14/h10,15H,5-8H2,1-4H3,(H,17,18). The van der Waals surface area contributed by atoms with Crippen LogP contribution in [0.4, 0.5) is 0 Å². The molecule has 2 N–H and O–H groups in total. The highest BCUT2D eigenvalue weighted by atomic mass is 32.1. The zero-order chi connectivity index (χ0) is 14.0. The quantitative estimate of drug-likeness (QED) is 0.894. The average molecular weight is 281 g/mol. The second-order valence-corrected chi connectivity index (χ2v) is 6.95. The topological polar surface area (TPSA) is 54.0 Å². The molecule has 1 aliphatic rings. The Morgan fingerprint density at radius 3 is 2.79 bits per heavy atom. The van der Waals surface area contributed by atoms with E-state index in [1.807, 2.05) is 27.7 Å². The van der Waals surface area contributed by atoms with Crippen molar-refractivity contribution in [1.82, 2.24) is 15.6 Å². The van der Waals surface area contributed by atoms with Crippen molar-refractivity contribution < 1.29 is 4.79 Å². The molecule has 0 aliphatic carbocycles. The summed E-state index contributed by atoms with van der Waals surface area (Å²) in [7, 11) is 0. The van der Waals surface area contributed by atoms with Crippen molar-refractivity contribution in [2.24, 2.45) is 5.41 Å². The summed E-state index contributed by atoms with van der Waals surface area (Å²) in [6.07, 6.45) is 2.02. The van der Waals surface area contributed by atoms with Gasteiger partial charge in [-0.05, 0) is 47.1 Å². The zero-order valence-electron chi connectivity index (χ0n) is 12.2. The summed E-state index contributed by atoms with van der Waals surface area (Å²) in [6, 6.07) is 0.0393. The van der Waals surface area contributed by atoms with E-state index in [1.54, 1.807) is 11.3 Å². The first-order valence-electron chi connectivity index (χ1n) is 6.88. The molecule has 5 heteroatoms. The molecule has 19 heavy (non-hydrogen) atoms. The molecule has 4 nitrogen and oxygen atoms in total. The predicted molar refractivity (Wildman–Crippen MR) is 78.4 cm³/mol. The molecule has 2 unspecified atom stereocenters. The summed E-state index contributed by atoms with van der Waals surface area (Å²) in [6.45, 7) is 9.88. The molecule has 1 amide bonds. The van der Waals surface area contributed by atoms with Crippen molar-refractivity contribution >= 4 is 17.2 Å². The van der Waals surface area contributed by atoms with Crippen molar-refractivity contribution in [3.63, 3.8) is 0 Å². The Bertz CT molecular complexity index is 463. The maximum absolute atomic E-state index is 12.5. The number of piperidine rings is 1. The van der Waals surface area contributed by atoms with Crippen molar-refractivity contribution in [3.05, 3.63) is 15.6 Å². The van der Waals surface area contributed by atoms with Crippen LogP contribution in [-0.2, 0) is 4.79 Å². The molecule has 2 rings (SSSR count). The average Bonchev–Trinajstić information content (AvgIpc) is 2.69. The summed E-state index contributed by atoms with van der Waals surface area (Å²) in [5.74, 6) is 0.151. The van der Waals surface area contributed by atoms with E-state index in [2.05, 4.69) is 15.6 Å². The van der Waals surface area contributed by atoms with Crippen LogP contribution in [0.1, 0.15) is 48.3 Å². The number of aromatic nitrogens is 1. The Balaban J connectivity index is 2.04. The maximum atomic E-state index is 12.5. The lowest BCUT2D eigenvalue weighted by Crippen LogP contribution is -2.49. The molecule has 0 aromatic carbocycles. The highest BCUT2D eigenvalue weighted by molar-refractivity contribution is 7.11. The number of nitrogens with zero attached hydrogens (tertiary/aromatic N) is 1. The van der Waals surface area contributed by atoms with Gasteiger partial charge in [-0.15, -0.1) is 11.3 Å². The van der Waals surface area contributed by atoms with E-state index in [0.717, 1.165) is 36.6 Å². The first kappa shape index (κ1) is 14.5.